The average molecular weight is 277 g/mol. The molecule has 17 heavy (non-hydrogen) atoms. The Morgan fingerprint density at radius 1 is 1.29 bits per heavy atom. The first-order chi connectivity index (χ1) is 8.07. The molecule has 0 radical (unpaired) electrons. The third-order valence-electron chi connectivity index (χ3n) is 3.38. The highest BCUT2D eigenvalue weighted by Crippen LogP contribution is 2.35. The van der Waals surface area contributed by atoms with Crippen molar-refractivity contribution in [3.63, 3.8) is 0 Å². The van der Waals surface area contributed by atoms with Gasteiger partial charge in [0.15, 0.2) is 0 Å². The van der Waals surface area contributed by atoms with E-state index in [-0.39, 0.29) is 11.2 Å². The van der Waals surface area contributed by atoms with Crippen LogP contribution in [-0.2, 0) is 5.41 Å². The van der Waals surface area contributed by atoms with E-state index in [0.29, 0.717) is 17.7 Å². The molecule has 0 fully saturated rings. The Kier molecular flexibility index (Phi) is 5.75. The van der Waals surface area contributed by atoms with Gasteiger partial charge in [0.25, 0.3) is 0 Å². The summed E-state index contributed by atoms with van der Waals surface area (Å²) in [5.41, 5.74) is 0.587. The largest absolute Gasteiger partial charge is 0.207 e. The Morgan fingerprint density at radius 2 is 1.94 bits per heavy atom. The molecule has 1 rings (SSSR count). The molecule has 96 valence electrons. The molecule has 0 bridgehead atoms. The Labute approximate surface area is 113 Å². The minimum Gasteiger partial charge on any atom is -0.207 e. The quantitative estimate of drug-likeness (QED) is 0.643. The first-order valence-corrected chi connectivity index (χ1v) is 7.03. The lowest BCUT2D eigenvalue weighted by Crippen LogP contribution is -2.32. The van der Waals surface area contributed by atoms with Gasteiger partial charge in [-0.3, -0.25) is 0 Å². The highest BCUT2D eigenvalue weighted by Gasteiger charge is 2.32. The molecule has 3 heteroatoms. The molecule has 0 heterocycles. The maximum absolute atomic E-state index is 13.3. The van der Waals surface area contributed by atoms with Crippen molar-refractivity contribution < 1.29 is 4.39 Å². The van der Waals surface area contributed by atoms with E-state index in [1.54, 1.807) is 12.1 Å². The molecule has 0 aromatic heterocycles. The summed E-state index contributed by atoms with van der Waals surface area (Å²) in [6, 6.07) is 6.62. The standard InChI is InChI=1S/C14H19Cl2F/c1-3-11(2)8-14(9-15,10-16)12-5-4-6-13(17)7-12/h4-7,11H,3,8-10H2,1-2H3. The van der Waals surface area contributed by atoms with E-state index in [1.165, 1.54) is 6.07 Å². The van der Waals surface area contributed by atoms with Gasteiger partial charge >= 0.3 is 0 Å². The normalized spacial score (nSPS) is 13.7. The lowest BCUT2D eigenvalue weighted by atomic mass is 9.76. The Hall–Kier alpha value is -0.270. The molecular formula is C14H19Cl2F. The lowest BCUT2D eigenvalue weighted by molar-refractivity contribution is 0.378. The van der Waals surface area contributed by atoms with E-state index in [2.05, 4.69) is 13.8 Å². The van der Waals surface area contributed by atoms with Crippen molar-refractivity contribution >= 4 is 23.2 Å². The molecule has 1 atom stereocenters. The van der Waals surface area contributed by atoms with E-state index in [1.807, 2.05) is 6.07 Å². The maximum Gasteiger partial charge on any atom is 0.123 e. The fourth-order valence-corrected chi connectivity index (χ4v) is 2.86. The SMILES string of the molecule is CCC(C)CC(CCl)(CCl)c1cccc(F)c1. The van der Waals surface area contributed by atoms with E-state index in [0.717, 1.165) is 18.4 Å². The predicted molar refractivity (Wildman–Crippen MR) is 73.6 cm³/mol. The Bertz CT molecular complexity index is 348. The first kappa shape index (κ1) is 14.8. The fourth-order valence-electron chi connectivity index (χ4n) is 2.05. The second kappa shape index (κ2) is 6.61. The second-order valence-electron chi connectivity index (χ2n) is 4.78. The zero-order valence-electron chi connectivity index (χ0n) is 10.3. The van der Waals surface area contributed by atoms with E-state index >= 15 is 0 Å². The molecular weight excluding hydrogens is 258 g/mol. The molecule has 0 amide bonds. The number of alkyl halides is 2. The average Bonchev–Trinajstić information content (AvgIpc) is 2.35. The third-order valence-corrected chi connectivity index (χ3v) is 4.41. The zero-order chi connectivity index (χ0) is 12.9. The van der Waals surface area contributed by atoms with Gasteiger partial charge in [0.2, 0.25) is 0 Å². The summed E-state index contributed by atoms with van der Waals surface area (Å²) >= 11 is 12.2. The van der Waals surface area contributed by atoms with Crippen LogP contribution in [0.15, 0.2) is 24.3 Å². The van der Waals surface area contributed by atoms with Gasteiger partial charge in [-0.2, -0.15) is 0 Å². The fraction of sp³-hybridized carbons (Fsp3) is 0.571. The van der Waals surface area contributed by atoms with Crippen molar-refractivity contribution in [2.45, 2.75) is 32.1 Å². The number of halogens is 3. The van der Waals surface area contributed by atoms with Crippen LogP contribution < -0.4 is 0 Å². The van der Waals surface area contributed by atoms with Crippen LogP contribution in [0.4, 0.5) is 4.39 Å². The molecule has 0 N–H and O–H groups in total. The topological polar surface area (TPSA) is 0 Å². The molecule has 0 aliphatic rings. The monoisotopic (exact) mass is 276 g/mol. The van der Waals surface area contributed by atoms with E-state index in [4.69, 9.17) is 23.2 Å². The number of hydrogen-bond donors (Lipinski definition) is 0. The van der Waals surface area contributed by atoms with Gasteiger partial charge in [-0.25, -0.2) is 4.39 Å². The molecule has 0 nitrogen and oxygen atoms in total. The predicted octanol–water partition coefficient (Wildman–Crippen LogP) is 4.98. The van der Waals surface area contributed by atoms with Crippen molar-refractivity contribution in [2.75, 3.05) is 11.8 Å². The van der Waals surface area contributed by atoms with E-state index < -0.39 is 0 Å². The zero-order valence-corrected chi connectivity index (χ0v) is 11.9. The van der Waals surface area contributed by atoms with Gasteiger partial charge in [-0.05, 0) is 30.0 Å². The number of benzene rings is 1. The molecule has 1 unspecified atom stereocenters. The van der Waals surface area contributed by atoms with Gasteiger partial charge in [-0.15, -0.1) is 23.2 Å². The summed E-state index contributed by atoms with van der Waals surface area (Å²) in [6.07, 6.45) is 1.96. The molecule has 0 saturated carbocycles. The lowest BCUT2D eigenvalue weighted by Gasteiger charge is -2.32. The molecule has 0 saturated heterocycles. The van der Waals surface area contributed by atoms with Gasteiger partial charge in [0.1, 0.15) is 5.82 Å². The summed E-state index contributed by atoms with van der Waals surface area (Å²) in [4.78, 5) is 0. The molecule has 1 aromatic rings. The van der Waals surface area contributed by atoms with Crippen LogP contribution in [0.3, 0.4) is 0 Å². The van der Waals surface area contributed by atoms with Crippen LogP contribution in [0.5, 0.6) is 0 Å². The van der Waals surface area contributed by atoms with Crippen molar-refractivity contribution in [3.8, 4) is 0 Å². The highest BCUT2D eigenvalue weighted by atomic mass is 35.5. The van der Waals surface area contributed by atoms with E-state index in [9.17, 15) is 4.39 Å². The van der Waals surface area contributed by atoms with Crippen LogP contribution in [0.2, 0.25) is 0 Å². The van der Waals surface area contributed by atoms with Crippen LogP contribution >= 0.6 is 23.2 Å². The summed E-state index contributed by atoms with van der Waals surface area (Å²) in [5.74, 6) is 1.14. The minimum absolute atomic E-state index is 0.230. The Balaban J connectivity index is 3.06. The van der Waals surface area contributed by atoms with Gasteiger partial charge < -0.3 is 0 Å². The summed E-state index contributed by atoms with van der Waals surface area (Å²) < 4.78 is 13.3. The van der Waals surface area contributed by atoms with Crippen LogP contribution in [0.25, 0.3) is 0 Å². The summed E-state index contributed by atoms with van der Waals surface area (Å²) in [5, 5.41) is 0. The van der Waals surface area contributed by atoms with Crippen LogP contribution in [0, 0.1) is 11.7 Å². The smallest absolute Gasteiger partial charge is 0.123 e. The van der Waals surface area contributed by atoms with Gasteiger partial charge in [0, 0.05) is 17.2 Å². The summed E-state index contributed by atoms with van der Waals surface area (Å²) in [7, 11) is 0. The number of rotatable bonds is 6. The first-order valence-electron chi connectivity index (χ1n) is 5.96. The van der Waals surface area contributed by atoms with Crippen molar-refractivity contribution in [3.05, 3.63) is 35.6 Å². The second-order valence-corrected chi connectivity index (χ2v) is 5.31. The number of hydrogen-bond acceptors (Lipinski definition) is 0. The molecule has 0 aliphatic heterocycles. The van der Waals surface area contributed by atoms with Gasteiger partial charge in [0.05, 0.1) is 0 Å². The third kappa shape index (κ3) is 3.59. The maximum atomic E-state index is 13.3. The molecule has 1 aromatic carbocycles. The van der Waals surface area contributed by atoms with Gasteiger partial charge in [-0.1, -0.05) is 32.4 Å². The molecule has 0 spiro atoms. The highest BCUT2D eigenvalue weighted by molar-refractivity contribution is 6.22. The van der Waals surface area contributed by atoms with Crippen molar-refractivity contribution in [1.82, 2.24) is 0 Å². The van der Waals surface area contributed by atoms with Crippen molar-refractivity contribution in [1.29, 1.82) is 0 Å². The van der Waals surface area contributed by atoms with Crippen LogP contribution in [0.1, 0.15) is 32.3 Å². The van der Waals surface area contributed by atoms with Crippen molar-refractivity contribution in [2.24, 2.45) is 5.92 Å². The Morgan fingerprint density at radius 3 is 2.41 bits per heavy atom. The minimum atomic E-state index is -0.319. The van der Waals surface area contributed by atoms with Crippen LogP contribution in [-0.4, -0.2) is 11.8 Å². The summed E-state index contributed by atoms with van der Waals surface area (Å²) in [6.45, 7) is 4.32. The molecule has 0 aliphatic carbocycles.